The molecule has 0 aliphatic carbocycles. The molecule has 1 fully saturated rings. The van der Waals surface area contributed by atoms with E-state index in [1.54, 1.807) is 18.1 Å². The van der Waals surface area contributed by atoms with Gasteiger partial charge in [-0.2, -0.15) is 5.10 Å². The molecule has 6 heteroatoms. The van der Waals surface area contributed by atoms with Gasteiger partial charge in [-0.25, -0.2) is 5.43 Å². The van der Waals surface area contributed by atoms with Crippen LogP contribution >= 0.6 is 0 Å². The predicted octanol–water partition coefficient (Wildman–Crippen LogP) is 1.55. The van der Waals surface area contributed by atoms with Gasteiger partial charge in [-0.3, -0.25) is 9.59 Å². The third-order valence-corrected chi connectivity index (χ3v) is 3.60. The monoisotopic (exact) mass is 303 g/mol. The Morgan fingerprint density at radius 3 is 2.55 bits per heavy atom. The standard InChI is InChI=1S/C16H21N3O3/c1-22-14-9-5-4-8-13(14)12-17-18-15(20)16(21)19-10-6-2-3-7-11-19/h4-5,8-9,12H,2-3,6-7,10-11H2,1H3,(H,18,20). The van der Waals surface area contributed by atoms with Gasteiger partial charge in [0.25, 0.3) is 0 Å². The Balaban J connectivity index is 1.91. The number of likely N-dealkylation sites (tertiary alicyclic amines) is 1. The van der Waals surface area contributed by atoms with Gasteiger partial charge in [0.05, 0.1) is 13.3 Å². The van der Waals surface area contributed by atoms with Crippen molar-refractivity contribution in [2.45, 2.75) is 25.7 Å². The highest BCUT2D eigenvalue weighted by Crippen LogP contribution is 2.14. The first-order chi connectivity index (χ1) is 10.7. The summed E-state index contributed by atoms with van der Waals surface area (Å²) in [4.78, 5) is 25.5. The Labute approximate surface area is 130 Å². The maximum Gasteiger partial charge on any atom is 0.329 e. The van der Waals surface area contributed by atoms with Crippen molar-refractivity contribution in [3.63, 3.8) is 0 Å². The number of carbonyl (C=O) groups excluding carboxylic acids is 2. The summed E-state index contributed by atoms with van der Waals surface area (Å²) in [5.74, 6) is -0.563. The van der Waals surface area contributed by atoms with E-state index in [1.165, 1.54) is 6.21 Å². The van der Waals surface area contributed by atoms with Crippen LogP contribution in [0, 0.1) is 0 Å². The molecule has 6 nitrogen and oxygen atoms in total. The summed E-state index contributed by atoms with van der Waals surface area (Å²) in [6.45, 7) is 1.28. The topological polar surface area (TPSA) is 71.0 Å². The van der Waals surface area contributed by atoms with Crippen molar-refractivity contribution in [2.24, 2.45) is 5.10 Å². The summed E-state index contributed by atoms with van der Waals surface area (Å²) >= 11 is 0. The number of methoxy groups -OCH3 is 1. The molecule has 0 aromatic heterocycles. The Morgan fingerprint density at radius 1 is 1.18 bits per heavy atom. The van der Waals surface area contributed by atoms with Gasteiger partial charge >= 0.3 is 11.8 Å². The van der Waals surface area contributed by atoms with Crippen molar-refractivity contribution in [3.05, 3.63) is 29.8 Å². The quantitative estimate of drug-likeness (QED) is 0.523. The van der Waals surface area contributed by atoms with E-state index in [0.29, 0.717) is 18.8 Å². The van der Waals surface area contributed by atoms with Crippen LogP contribution in [0.5, 0.6) is 5.75 Å². The number of ether oxygens (including phenoxy) is 1. The highest BCUT2D eigenvalue weighted by molar-refractivity contribution is 6.35. The van der Waals surface area contributed by atoms with Gasteiger partial charge in [0, 0.05) is 18.7 Å². The molecule has 0 saturated carbocycles. The summed E-state index contributed by atoms with van der Waals surface area (Å²) in [7, 11) is 1.56. The number of carbonyl (C=O) groups is 2. The molecule has 0 bridgehead atoms. The molecule has 22 heavy (non-hydrogen) atoms. The molecule has 0 spiro atoms. The van der Waals surface area contributed by atoms with Gasteiger partial charge in [0.2, 0.25) is 0 Å². The number of rotatable bonds is 3. The molecule has 118 valence electrons. The fourth-order valence-electron chi connectivity index (χ4n) is 2.40. The highest BCUT2D eigenvalue weighted by Gasteiger charge is 2.22. The lowest BCUT2D eigenvalue weighted by atomic mass is 10.2. The van der Waals surface area contributed by atoms with E-state index in [1.807, 2.05) is 18.2 Å². The van der Waals surface area contributed by atoms with Crippen molar-refractivity contribution in [3.8, 4) is 5.75 Å². The fraction of sp³-hybridized carbons (Fsp3) is 0.438. The maximum absolute atomic E-state index is 12.0. The van der Waals surface area contributed by atoms with Gasteiger partial charge in [0.15, 0.2) is 0 Å². The van der Waals surface area contributed by atoms with Crippen molar-refractivity contribution in [1.82, 2.24) is 10.3 Å². The van der Waals surface area contributed by atoms with Crippen LogP contribution in [0.15, 0.2) is 29.4 Å². The Bertz CT molecular complexity index is 549. The molecule has 1 aromatic carbocycles. The van der Waals surface area contributed by atoms with E-state index in [2.05, 4.69) is 10.5 Å². The fourth-order valence-corrected chi connectivity index (χ4v) is 2.40. The number of para-hydroxylation sites is 1. The van der Waals surface area contributed by atoms with Crippen LogP contribution in [0.2, 0.25) is 0 Å². The lowest BCUT2D eigenvalue weighted by Gasteiger charge is -2.18. The molecular formula is C16H21N3O3. The van der Waals surface area contributed by atoms with E-state index >= 15 is 0 Å². The van der Waals surface area contributed by atoms with Gasteiger partial charge in [-0.15, -0.1) is 0 Å². The molecule has 1 N–H and O–H groups in total. The lowest BCUT2D eigenvalue weighted by Crippen LogP contribution is -2.41. The SMILES string of the molecule is COc1ccccc1C=NNC(=O)C(=O)N1CCCCCC1. The molecule has 0 atom stereocenters. The number of nitrogens with zero attached hydrogens (tertiary/aromatic N) is 2. The van der Waals surface area contributed by atoms with Crippen LogP contribution in [-0.2, 0) is 9.59 Å². The molecule has 1 aromatic rings. The average Bonchev–Trinajstić information content (AvgIpc) is 2.83. The van der Waals surface area contributed by atoms with Crippen LogP contribution in [-0.4, -0.2) is 43.1 Å². The summed E-state index contributed by atoms with van der Waals surface area (Å²) in [6, 6.07) is 7.29. The summed E-state index contributed by atoms with van der Waals surface area (Å²) in [5.41, 5.74) is 3.01. The number of hydrazone groups is 1. The van der Waals surface area contributed by atoms with E-state index in [4.69, 9.17) is 4.74 Å². The third kappa shape index (κ3) is 4.31. The zero-order valence-electron chi connectivity index (χ0n) is 12.7. The zero-order valence-corrected chi connectivity index (χ0v) is 12.7. The smallest absolute Gasteiger partial charge is 0.329 e. The molecule has 0 radical (unpaired) electrons. The lowest BCUT2D eigenvalue weighted by molar-refractivity contribution is -0.145. The van der Waals surface area contributed by atoms with Gasteiger partial charge in [-0.05, 0) is 25.0 Å². The van der Waals surface area contributed by atoms with Crippen LogP contribution < -0.4 is 10.2 Å². The van der Waals surface area contributed by atoms with E-state index in [9.17, 15) is 9.59 Å². The minimum absolute atomic E-state index is 0.515. The van der Waals surface area contributed by atoms with Crippen molar-refractivity contribution < 1.29 is 14.3 Å². The molecule has 2 rings (SSSR count). The van der Waals surface area contributed by atoms with Crippen LogP contribution in [0.25, 0.3) is 0 Å². The van der Waals surface area contributed by atoms with E-state index in [-0.39, 0.29) is 0 Å². The molecule has 0 unspecified atom stereocenters. The molecule has 1 aliphatic rings. The first kappa shape index (κ1) is 16.0. The van der Waals surface area contributed by atoms with Gasteiger partial charge < -0.3 is 9.64 Å². The van der Waals surface area contributed by atoms with Crippen molar-refractivity contribution in [1.29, 1.82) is 0 Å². The Hall–Kier alpha value is -2.37. The third-order valence-electron chi connectivity index (χ3n) is 3.60. The van der Waals surface area contributed by atoms with Crippen LogP contribution in [0.3, 0.4) is 0 Å². The van der Waals surface area contributed by atoms with E-state index in [0.717, 1.165) is 31.2 Å². The van der Waals surface area contributed by atoms with Gasteiger partial charge in [-0.1, -0.05) is 25.0 Å². The highest BCUT2D eigenvalue weighted by atomic mass is 16.5. The predicted molar refractivity (Wildman–Crippen MR) is 83.8 cm³/mol. The molecule has 1 heterocycles. The number of benzene rings is 1. The van der Waals surface area contributed by atoms with Crippen molar-refractivity contribution >= 4 is 18.0 Å². The molecule has 1 aliphatic heterocycles. The van der Waals surface area contributed by atoms with Crippen molar-refractivity contribution in [2.75, 3.05) is 20.2 Å². The van der Waals surface area contributed by atoms with E-state index < -0.39 is 11.8 Å². The normalized spacial score (nSPS) is 15.4. The largest absolute Gasteiger partial charge is 0.496 e. The minimum atomic E-state index is -0.701. The minimum Gasteiger partial charge on any atom is -0.496 e. The zero-order chi connectivity index (χ0) is 15.8. The second kappa shape index (κ2) is 8.17. The van der Waals surface area contributed by atoms with Crippen LogP contribution in [0.1, 0.15) is 31.2 Å². The second-order valence-corrected chi connectivity index (χ2v) is 5.15. The Kier molecular flexibility index (Phi) is 5.94. The molecular weight excluding hydrogens is 282 g/mol. The van der Waals surface area contributed by atoms with Gasteiger partial charge in [0.1, 0.15) is 5.75 Å². The number of amides is 2. The second-order valence-electron chi connectivity index (χ2n) is 5.15. The molecule has 2 amide bonds. The summed E-state index contributed by atoms with van der Waals surface area (Å²) < 4.78 is 5.18. The summed E-state index contributed by atoms with van der Waals surface area (Å²) in [5, 5.41) is 3.84. The first-order valence-electron chi connectivity index (χ1n) is 7.47. The average molecular weight is 303 g/mol. The maximum atomic E-state index is 12.0. The molecule has 1 saturated heterocycles. The number of hydrogen-bond donors (Lipinski definition) is 1. The number of nitrogens with one attached hydrogen (secondary N) is 1. The first-order valence-corrected chi connectivity index (χ1v) is 7.47. The summed E-state index contributed by atoms with van der Waals surface area (Å²) in [6.07, 6.45) is 5.58. The number of hydrogen-bond acceptors (Lipinski definition) is 4. The Morgan fingerprint density at radius 2 is 1.86 bits per heavy atom. The van der Waals surface area contributed by atoms with Crippen LogP contribution in [0.4, 0.5) is 0 Å².